The van der Waals surface area contributed by atoms with Crippen LogP contribution in [0.4, 0.5) is 5.88 Å². The smallest absolute Gasteiger partial charge is 0.232 e. The Labute approximate surface area is 145 Å². The Hall–Kier alpha value is -3.14. The molecule has 3 aromatic rings. The molecule has 0 fully saturated rings. The molecule has 0 atom stereocenters. The SMILES string of the molecule is CC(C)(C)c1nc(C#N)c(NCCc2nc(-c3ccccc3)no2)o1. The second kappa shape index (κ2) is 6.77. The highest BCUT2D eigenvalue weighted by Crippen LogP contribution is 2.26. The zero-order valence-corrected chi connectivity index (χ0v) is 14.4. The summed E-state index contributed by atoms with van der Waals surface area (Å²) in [7, 11) is 0. The first-order valence-corrected chi connectivity index (χ1v) is 8.00. The van der Waals surface area contributed by atoms with Gasteiger partial charge in [-0.05, 0) is 0 Å². The van der Waals surface area contributed by atoms with Crippen molar-refractivity contribution >= 4 is 5.88 Å². The Morgan fingerprint density at radius 2 is 1.92 bits per heavy atom. The van der Waals surface area contributed by atoms with Crippen LogP contribution in [0.25, 0.3) is 11.4 Å². The van der Waals surface area contributed by atoms with Crippen molar-refractivity contribution in [3.05, 3.63) is 47.8 Å². The van der Waals surface area contributed by atoms with Gasteiger partial charge in [-0.15, -0.1) is 0 Å². The second-order valence-corrected chi connectivity index (χ2v) is 6.61. The first-order chi connectivity index (χ1) is 12.0. The average molecular weight is 337 g/mol. The topological polar surface area (TPSA) is 101 Å². The molecule has 0 spiro atoms. The standard InChI is InChI=1S/C18H19N5O2/c1-18(2,3)17-21-13(11-19)16(24-17)20-10-9-14-22-15(23-25-14)12-7-5-4-6-8-12/h4-8,20H,9-10H2,1-3H3. The molecule has 7 heteroatoms. The van der Waals surface area contributed by atoms with Crippen molar-refractivity contribution in [1.82, 2.24) is 15.1 Å². The highest BCUT2D eigenvalue weighted by molar-refractivity contribution is 5.53. The third-order valence-electron chi connectivity index (χ3n) is 3.50. The van der Waals surface area contributed by atoms with Gasteiger partial charge in [0.2, 0.25) is 29.2 Å². The molecule has 1 N–H and O–H groups in total. The number of nitriles is 1. The number of nitrogens with zero attached hydrogens (tertiary/aromatic N) is 4. The number of benzene rings is 1. The van der Waals surface area contributed by atoms with E-state index in [1.807, 2.05) is 57.2 Å². The molecule has 2 heterocycles. The molecular formula is C18H19N5O2. The Bertz CT molecular complexity index is 884. The first-order valence-electron chi connectivity index (χ1n) is 8.00. The zero-order chi connectivity index (χ0) is 17.9. The van der Waals surface area contributed by atoms with Crippen LogP contribution in [0.5, 0.6) is 0 Å². The summed E-state index contributed by atoms with van der Waals surface area (Å²) in [5.41, 5.74) is 0.894. The van der Waals surface area contributed by atoms with Crippen LogP contribution in [-0.4, -0.2) is 21.7 Å². The first kappa shape index (κ1) is 16.7. The lowest BCUT2D eigenvalue weighted by atomic mass is 9.97. The number of hydrogen-bond donors (Lipinski definition) is 1. The Morgan fingerprint density at radius 3 is 2.60 bits per heavy atom. The minimum atomic E-state index is -0.261. The summed E-state index contributed by atoms with van der Waals surface area (Å²) in [6.45, 7) is 6.43. The summed E-state index contributed by atoms with van der Waals surface area (Å²) < 4.78 is 10.9. The summed E-state index contributed by atoms with van der Waals surface area (Å²) in [6, 6.07) is 11.7. The van der Waals surface area contributed by atoms with Crippen LogP contribution >= 0.6 is 0 Å². The predicted molar refractivity (Wildman–Crippen MR) is 91.8 cm³/mol. The van der Waals surface area contributed by atoms with Crippen LogP contribution in [0.2, 0.25) is 0 Å². The van der Waals surface area contributed by atoms with Gasteiger partial charge in [0.15, 0.2) is 0 Å². The highest BCUT2D eigenvalue weighted by Gasteiger charge is 2.23. The van der Waals surface area contributed by atoms with Crippen LogP contribution in [0.15, 0.2) is 39.3 Å². The number of oxazole rings is 1. The van der Waals surface area contributed by atoms with E-state index in [1.54, 1.807) is 0 Å². The van der Waals surface area contributed by atoms with Crippen LogP contribution in [-0.2, 0) is 11.8 Å². The van der Waals surface area contributed by atoms with Gasteiger partial charge >= 0.3 is 0 Å². The molecule has 0 bridgehead atoms. The average Bonchev–Trinajstić information content (AvgIpc) is 3.22. The highest BCUT2D eigenvalue weighted by atomic mass is 16.5. The number of rotatable bonds is 5. The van der Waals surface area contributed by atoms with Gasteiger partial charge in [-0.3, -0.25) is 0 Å². The third-order valence-corrected chi connectivity index (χ3v) is 3.50. The van der Waals surface area contributed by atoms with E-state index in [0.29, 0.717) is 36.5 Å². The summed E-state index contributed by atoms with van der Waals surface area (Å²) in [4.78, 5) is 8.60. The summed E-state index contributed by atoms with van der Waals surface area (Å²) in [5.74, 6) is 1.97. The van der Waals surface area contributed by atoms with Crippen molar-refractivity contribution < 1.29 is 8.94 Å². The third kappa shape index (κ3) is 3.86. The number of nitrogens with one attached hydrogen (secondary N) is 1. The Kier molecular flexibility index (Phi) is 4.52. The molecule has 0 saturated carbocycles. The molecule has 0 unspecified atom stereocenters. The molecular weight excluding hydrogens is 318 g/mol. The van der Waals surface area contributed by atoms with Crippen LogP contribution in [0, 0.1) is 11.3 Å². The molecule has 0 aliphatic carbocycles. The lowest BCUT2D eigenvalue weighted by Gasteiger charge is -2.11. The summed E-state index contributed by atoms with van der Waals surface area (Å²) >= 11 is 0. The lowest BCUT2D eigenvalue weighted by Crippen LogP contribution is -2.11. The largest absolute Gasteiger partial charge is 0.423 e. The van der Waals surface area contributed by atoms with E-state index in [2.05, 4.69) is 20.4 Å². The van der Waals surface area contributed by atoms with Crippen LogP contribution < -0.4 is 5.32 Å². The molecule has 3 rings (SSSR count). The molecule has 0 radical (unpaired) electrons. The monoisotopic (exact) mass is 337 g/mol. The summed E-state index contributed by atoms with van der Waals surface area (Å²) in [6.07, 6.45) is 0.510. The predicted octanol–water partition coefficient (Wildman–Crippen LogP) is 3.55. The lowest BCUT2D eigenvalue weighted by molar-refractivity contribution is 0.379. The number of aromatic nitrogens is 3. The fourth-order valence-electron chi connectivity index (χ4n) is 2.18. The van der Waals surface area contributed by atoms with Gasteiger partial charge in [-0.25, -0.2) is 0 Å². The maximum Gasteiger partial charge on any atom is 0.232 e. The van der Waals surface area contributed by atoms with Gasteiger partial charge < -0.3 is 14.3 Å². The fraction of sp³-hybridized carbons (Fsp3) is 0.333. The summed E-state index contributed by atoms with van der Waals surface area (Å²) in [5, 5.41) is 16.2. The van der Waals surface area contributed by atoms with Gasteiger partial charge in [0, 0.05) is 23.9 Å². The van der Waals surface area contributed by atoms with Crippen molar-refractivity contribution in [3.8, 4) is 17.5 Å². The normalized spacial score (nSPS) is 11.3. The maximum atomic E-state index is 9.19. The molecule has 0 saturated heterocycles. The van der Waals surface area contributed by atoms with Crippen LogP contribution in [0.1, 0.15) is 38.2 Å². The minimum Gasteiger partial charge on any atom is -0.423 e. The number of anilines is 1. The van der Waals surface area contributed by atoms with Gasteiger partial charge in [0.25, 0.3) is 0 Å². The van der Waals surface area contributed by atoms with E-state index in [1.165, 1.54) is 0 Å². The van der Waals surface area contributed by atoms with E-state index in [0.717, 1.165) is 5.56 Å². The van der Waals surface area contributed by atoms with Crippen molar-refractivity contribution in [2.75, 3.05) is 11.9 Å². The molecule has 0 amide bonds. The van der Waals surface area contributed by atoms with E-state index in [9.17, 15) is 5.26 Å². The maximum absolute atomic E-state index is 9.19. The molecule has 1 aromatic carbocycles. The van der Waals surface area contributed by atoms with Gasteiger partial charge in [-0.1, -0.05) is 56.3 Å². The van der Waals surface area contributed by atoms with E-state index in [-0.39, 0.29) is 11.1 Å². The zero-order valence-electron chi connectivity index (χ0n) is 14.4. The Morgan fingerprint density at radius 1 is 1.16 bits per heavy atom. The van der Waals surface area contributed by atoms with Gasteiger partial charge in [0.1, 0.15) is 6.07 Å². The minimum absolute atomic E-state index is 0.250. The molecule has 2 aromatic heterocycles. The second-order valence-electron chi connectivity index (χ2n) is 6.61. The Balaban J connectivity index is 1.63. The van der Waals surface area contributed by atoms with Crippen molar-refractivity contribution in [3.63, 3.8) is 0 Å². The van der Waals surface area contributed by atoms with Crippen molar-refractivity contribution in [1.29, 1.82) is 5.26 Å². The van der Waals surface area contributed by atoms with Gasteiger partial charge in [-0.2, -0.15) is 15.2 Å². The van der Waals surface area contributed by atoms with Gasteiger partial charge in [0.05, 0.1) is 0 Å². The van der Waals surface area contributed by atoms with Crippen molar-refractivity contribution in [2.24, 2.45) is 0 Å². The molecule has 7 nitrogen and oxygen atoms in total. The van der Waals surface area contributed by atoms with Crippen LogP contribution in [0.3, 0.4) is 0 Å². The van der Waals surface area contributed by atoms with E-state index < -0.39 is 0 Å². The quantitative estimate of drug-likeness (QED) is 0.759. The molecule has 0 aliphatic heterocycles. The van der Waals surface area contributed by atoms with E-state index in [4.69, 9.17) is 8.94 Å². The van der Waals surface area contributed by atoms with E-state index >= 15 is 0 Å². The molecule has 25 heavy (non-hydrogen) atoms. The molecule has 0 aliphatic rings. The molecule has 128 valence electrons. The fourth-order valence-corrected chi connectivity index (χ4v) is 2.18. The van der Waals surface area contributed by atoms with Crippen molar-refractivity contribution in [2.45, 2.75) is 32.6 Å². The number of hydrogen-bond acceptors (Lipinski definition) is 7.